The molecule has 0 atom stereocenters. The predicted octanol–water partition coefficient (Wildman–Crippen LogP) is 2.22. The lowest BCUT2D eigenvalue weighted by molar-refractivity contribution is 0.273. The van der Waals surface area contributed by atoms with Crippen LogP contribution in [0.4, 0.5) is 0 Å². The first-order valence-corrected chi connectivity index (χ1v) is 5.81. The van der Waals surface area contributed by atoms with Crippen LogP contribution in [0.1, 0.15) is 25.3 Å². The summed E-state index contributed by atoms with van der Waals surface area (Å²) in [6.45, 7) is 5.05. The highest BCUT2D eigenvalue weighted by molar-refractivity contribution is 5.76. The monoisotopic (exact) mass is 219 g/mol. The average molecular weight is 219 g/mol. The fraction of sp³-hybridized carbons (Fsp3) is 0.462. The van der Waals surface area contributed by atoms with E-state index in [0.717, 1.165) is 26.1 Å². The highest BCUT2D eigenvalue weighted by Gasteiger charge is 2.05. The molecule has 3 heteroatoms. The van der Waals surface area contributed by atoms with Crippen LogP contribution >= 0.6 is 0 Å². The number of hydrogen-bond acceptors (Lipinski definition) is 2. The standard InChI is InChI=1S/C13H21N3/c1-2-9-16(10-8-13(14)15)11-12-6-4-3-5-7-12/h3-7H,2,8-11H2,1H3,(H3,14,15). The van der Waals surface area contributed by atoms with Crippen LogP contribution in [0.15, 0.2) is 30.3 Å². The van der Waals surface area contributed by atoms with E-state index in [9.17, 15) is 0 Å². The van der Waals surface area contributed by atoms with E-state index in [0.29, 0.717) is 6.42 Å². The summed E-state index contributed by atoms with van der Waals surface area (Å²) in [7, 11) is 0. The lowest BCUT2D eigenvalue weighted by atomic mass is 10.2. The largest absolute Gasteiger partial charge is 0.388 e. The van der Waals surface area contributed by atoms with Gasteiger partial charge >= 0.3 is 0 Å². The van der Waals surface area contributed by atoms with Crippen molar-refractivity contribution in [2.75, 3.05) is 13.1 Å². The number of nitrogens with two attached hydrogens (primary N) is 1. The minimum atomic E-state index is 0.272. The minimum Gasteiger partial charge on any atom is -0.388 e. The van der Waals surface area contributed by atoms with Gasteiger partial charge in [0.1, 0.15) is 0 Å². The number of hydrogen-bond donors (Lipinski definition) is 2. The molecule has 0 fully saturated rings. The van der Waals surface area contributed by atoms with Gasteiger partial charge in [-0.05, 0) is 18.5 Å². The van der Waals surface area contributed by atoms with Crippen molar-refractivity contribution in [3.63, 3.8) is 0 Å². The molecule has 0 amide bonds. The van der Waals surface area contributed by atoms with Crippen LogP contribution in [-0.2, 0) is 6.54 Å². The topological polar surface area (TPSA) is 53.1 Å². The number of nitrogens with one attached hydrogen (secondary N) is 1. The normalized spacial score (nSPS) is 10.6. The van der Waals surface area contributed by atoms with Crippen molar-refractivity contribution in [3.8, 4) is 0 Å². The fourth-order valence-corrected chi connectivity index (χ4v) is 1.71. The number of nitrogens with zero attached hydrogens (tertiary/aromatic N) is 1. The number of rotatable bonds is 7. The second-order valence-corrected chi connectivity index (χ2v) is 4.04. The Morgan fingerprint density at radius 1 is 1.25 bits per heavy atom. The summed E-state index contributed by atoms with van der Waals surface area (Å²) < 4.78 is 0. The molecule has 0 aliphatic rings. The summed E-state index contributed by atoms with van der Waals surface area (Å²) >= 11 is 0. The van der Waals surface area contributed by atoms with E-state index >= 15 is 0 Å². The van der Waals surface area contributed by atoms with Crippen molar-refractivity contribution in [2.24, 2.45) is 5.73 Å². The van der Waals surface area contributed by atoms with Gasteiger partial charge < -0.3 is 5.73 Å². The van der Waals surface area contributed by atoms with Crippen molar-refractivity contribution >= 4 is 5.84 Å². The molecule has 0 saturated carbocycles. The molecule has 1 aromatic rings. The quantitative estimate of drug-likeness (QED) is 0.546. The van der Waals surface area contributed by atoms with Crippen molar-refractivity contribution in [1.29, 1.82) is 5.41 Å². The van der Waals surface area contributed by atoms with Crippen LogP contribution in [-0.4, -0.2) is 23.8 Å². The van der Waals surface area contributed by atoms with Gasteiger partial charge in [-0.2, -0.15) is 0 Å². The van der Waals surface area contributed by atoms with Gasteiger partial charge in [-0.15, -0.1) is 0 Å². The van der Waals surface area contributed by atoms with E-state index in [1.165, 1.54) is 5.56 Å². The molecule has 0 unspecified atom stereocenters. The first-order valence-electron chi connectivity index (χ1n) is 5.81. The van der Waals surface area contributed by atoms with E-state index < -0.39 is 0 Å². The average Bonchev–Trinajstić information content (AvgIpc) is 2.27. The van der Waals surface area contributed by atoms with Gasteiger partial charge in [0, 0.05) is 19.5 Å². The lowest BCUT2D eigenvalue weighted by Gasteiger charge is -2.21. The Kier molecular flexibility index (Phi) is 5.57. The van der Waals surface area contributed by atoms with Gasteiger partial charge in [0.2, 0.25) is 0 Å². The van der Waals surface area contributed by atoms with Crippen LogP contribution in [0.5, 0.6) is 0 Å². The zero-order valence-electron chi connectivity index (χ0n) is 9.95. The van der Waals surface area contributed by atoms with Crippen molar-refractivity contribution in [2.45, 2.75) is 26.3 Å². The fourth-order valence-electron chi connectivity index (χ4n) is 1.71. The maximum atomic E-state index is 7.25. The molecular formula is C13H21N3. The summed E-state index contributed by atoms with van der Waals surface area (Å²) in [6.07, 6.45) is 1.79. The Morgan fingerprint density at radius 2 is 1.94 bits per heavy atom. The third-order valence-electron chi connectivity index (χ3n) is 2.49. The second-order valence-electron chi connectivity index (χ2n) is 4.04. The van der Waals surface area contributed by atoms with E-state index in [4.69, 9.17) is 11.1 Å². The second kappa shape index (κ2) is 7.01. The zero-order valence-corrected chi connectivity index (χ0v) is 9.95. The molecule has 0 heterocycles. The minimum absolute atomic E-state index is 0.272. The maximum Gasteiger partial charge on any atom is 0.0918 e. The van der Waals surface area contributed by atoms with Gasteiger partial charge in [-0.25, -0.2) is 0 Å². The van der Waals surface area contributed by atoms with E-state index in [1.807, 2.05) is 6.07 Å². The molecule has 1 rings (SSSR count). The van der Waals surface area contributed by atoms with Gasteiger partial charge in [-0.1, -0.05) is 37.3 Å². The molecule has 0 spiro atoms. The van der Waals surface area contributed by atoms with Crippen LogP contribution in [0.2, 0.25) is 0 Å². The van der Waals surface area contributed by atoms with Crippen molar-refractivity contribution < 1.29 is 0 Å². The molecule has 88 valence electrons. The molecule has 0 saturated heterocycles. The van der Waals surface area contributed by atoms with E-state index in [-0.39, 0.29) is 5.84 Å². The number of benzene rings is 1. The molecule has 0 aromatic heterocycles. The molecule has 0 radical (unpaired) electrons. The summed E-state index contributed by atoms with van der Waals surface area (Å²) in [5.74, 6) is 0.272. The molecule has 0 aliphatic heterocycles. The molecule has 3 nitrogen and oxygen atoms in total. The van der Waals surface area contributed by atoms with Crippen LogP contribution < -0.4 is 5.73 Å². The van der Waals surface area contributed by atoms with E-state index in [2.05, 4.69) is 36.1 Å². The summed E-state index contributed by atoms with van der Waals surface area (Å²) in [4.78, 5) is 2.34. The SMILES string of the molecule is CCCN(CCC(=N)N)Cc1ccccc1. The van der Waals surface area contributed by atoms with Gasteiger partial charge in [0.05, 0.1) is 5.84 Å². The Hall–Kier alpha value is -1.35. The predicted molar refractivity (Wildman–Crippen MR) is 68.5 cm³/mol. The lowest BCUT2D eigenvalue weighted by Crippen LogP contribution is -2.28. The van der Waals surface area contributed by atoms with Gasteiger partial charge in [0.25, 0.3) is 0 Å². The van der Waals surface area contributed by atoms with E-state index in [1.54, 1.807) is 0 Å². The third-order valence-corrected chi connectivity index (χ3v) is 2.49. The molecule has 0 bridgehead atoms. The number of amidine groups is 1. The van der Waals surface area contributed by atoms with Crippen LogP contribution in [0.3, 0.4) is 0 Å². The Labute approximate surface area is 97.8 Å². The first kappa shape index (κ1) is 12.7. The zero-order chi connectivity index (χ0) is 11.8. The molecule has 16 heavy (non-hydrogen) atoms. The summed E-state index contributed by atoms with van der Waals surface area (Å²) in [6, 6.07) is 10.4. The Bertz CT molecular complexity index is 308. The Balaban J connectivity index is 2.47. The molecular weight excluding hydrogens is 198 g/mol. The van der Waals surface area contributed by atoms with Gasteiger partial charge in [0.15, 0.2) is 0 Å². The van der Waals surface area contributed by atoms with Crippen LogP contribution in [0, 0.1) is 5.41 Å². The molecule has 3 N–H and O–H groups in total. The third kappa shape index (κ3) is 4.94. The van der Waals surface area contributed by atoms with Crippen molar-refractivity contribution in [3.05, 3.63) is 35.9 Å². The highest BCUT2D eigenvalue weighted by atomic mass is 15.1. The smallest absolute Gasteiger partial charge is 0.0918 e. The highest BCUT2D eigenvalue weighted by Crippen LogP contribution is 2.05. The van der Waals surface area contributed by atoms with Crippen molar-refractivity contribution in [1.82, 2.24) is 4.90 Å². The van der Waals surface area contributed by atoms with Gasteiger partial charge in [-0.3, -0.25) is 10.3 Å². The molecule has 1 aromatic carbocycles. The van der Waals surface area contributed by atoms with Crippen LogP contribution in [0.25, 0.3) is 0 Å². The summed E-state index contributed by atoms with van der Waals surface area (Å²) in [5.41, 5.74) is 6.71. The maximum absolute atomic E-state index is 7.25. The Morgan fingerprint density at radius 3 is 2.50 bits per heavy atom. The summed E-state index contributed by atoms with van der Waals surface area (Å²) in [5, 5.41) is 7.25. The molecule has 0 aliphatic carbocycles. The first-order chi connectivity index (χ1) is 7.72.